The van der Waals surface area contributed by atoms with E-state index in [0.717, 1.165) is 31.3 Å². The molecular formula is C15H20O3. The van der Waals surface area contributed by atoms with Crippen LogP contribution < -0.4 is 0 Å². The molecule has 0 radical (unpaired) electrons. The smallest absolute Gasteiger partial charge is 0.334 e. The summed E-state index contributed by atoms with van der Waals surface area (Å²) in [4.78, 5) is 11.6. The predicted octanol–water partition coefficient (Wildman–Crippen LogP) is 2.21. The molecule has 1 N–H and O–H groups in total. The summed E-state index contributed by atoms with van der Waals surface area (Å²) in [5.74, 6) is 0.314. The minimum absolute atomic E-state index is 0.0179. The molecule has 1 aliphatic heterocycles. The second kappa shape index (κ2) is 3.95. The Kier molecular flexibility index (Phi) is 2.63. The van der Waals surface area contributed by atoms with Crippen LogP contribution in [0.2, 0.25) is 0 Å². The molecule has 1 heterocycles. The predicted molar refractivity (Wildman–Crippen MR) is 67.7 cm³/mol. The van der Waals surface area contributed by atoms with Crippen molar-refractivity contribution in [3.63, 3.8) is 0 Å². The Hall–Kier alpha value is -1.09. The number of esters is 1. The third-order valence-electron chi connectivity index (χ3n) is 5.17. The van der Waals surface area contributed by atoms with Gasteiger partial charge in [-0.25, -0.2) is 4.79 Å². The molecule has 3 nitrogen and oxygen atoms in total. The molecule has 3 heteroatoms. The number of aliphatic hydroxyl groups excluding tert-OH is 1. The summed E-state index contributed by atoms with van der Waals surface area (Å²) in [6.07, 6.45) is 6.14. The van der Waals surface area contributed by atoms with Gasteiger partial charge in [-0.05, 0) is 42.6 Å². The van der Waals surface area contributed by atoms with Gasteiger partial charge in [0.05, 0.1) is 6.61 Å². The molecule has 98 valence electrons. The number of rotatable bonds is 1. The normalized spacial score (nSPS) is 43.0. The summed E-state index contributed by atoms with van der Waals surface area (Å²) in [6, 6.07) is 0. The third-order valence-corrected chi connectivity index (χ3v) is 5.17. The second-order valence-corrected chi connectivity index (χ2v) is 6.20. The van der Waals surface area contributed by atoms with Crippen molar-refractivity contribution in [1.82, 2.24) is 0 Å². The van der Waals surface area contributed by atoms with E-state index in [4.69, 9.17) is 4.74 Å². The molecule has 4 atom stereocenters. The van der Waals surface area contributed by atoms with E-state index in [-0.39, 0.29) is 30.0 Å². The first-order valence-corrected chi connectivity index (χ1v) is 6.75. The Morgan fingerprint density at radius 2 is 2.39 bits per heavy atom. The van der Waals surface area contributed by atoms with Gasteiger partial charge < -0.3 is 9.84 Å². The van der Waals surface area contributed by atoms with E-state index in [1.54, 1.807) is 0 Å². The topological polar surface area (TPSA) is 46.5 Å². The maximum Gasteiger partial charge on any atom is 0.334 e. The fraction of sp³-hybridized carbons (Fsp3) is 0.667. The molecule has 0 amide bonds. The maximum atomic E-state index is 11.6. The van der Waals surface area contributed by atoms with Gasteiger partial charge >= 0.3 is 5.97 Å². The van der Waals surface area contributed by atoms with Gasteiger partial charge in [-0.1, -0.05) is 19.6 Å². The quantitative estimate of drug-likeness (QED) is 0.439. The molecule has 0 unspecified atom stereocenters. The second-order valence-electron chi connectivity index (χ2n) is 6.20. The zero-order chi connectivity index (χ0) is 12.9. The average molecular weight is 248 g/mol. The van der Waals surface area contributed by atoms with Crippen LogP contribution in [0.15, 0.2) is 23.8 Å². The molecule has 0 aromatic heterocycles. The Labute approximate surface area is 108 Å². The van der Waals surface area contributed by atoms with Crippen LogP contribution in [-0.4, -0.2) is 23.8 Å². The van der Waals surface area contributed by atoms with Crippen LogP contribution in [0.5, 0.6) is 0 Å². The Morgan fingerprint density at radius 1 is 1.61 bits per heavy atom. The molecule has 0 aromatic rings. The SMILES string of the molecule is C=C1C(=O)O[C@@H]2C[C@@]3(C)CCC=C(CO)[C@@H]3C[C@H]12. The lowest BCUT2D eigenvalue weighted by Gasteiger charge is -2.48. The van der Waals surface area contributed by atoms with Crippen LogP contribution in [0, 0.1) is 17.3 Å². The number of hydrogen-bond acceptors (Lipinski definition) is 3. The zero-order valence-corrected chi connectivity index (χ0v) is 10.8. The molecule has 1 saturated carbocycles. The lowest BCUT2D eigenvalue weighted by molar-refractivity contribution is -0.142. The minimum Gasteiger partial charge on any atom is -0.458 e. The van der Waals surface area contributed by atoms with Crippen LogP contribution in [0.1, 0.15) is 32.6 Å². The van der Waals surface area contributed by atoms with E-state index in [9.17, 15) is 9.90 Å². The van der Waals surface area contributed by atoms with Crippen molar-refractivity contribution in [2.75, 3.05) is 6.61 Å². The number of fused-ring (bicyclic) bond motifs is 2. The highest BCUT2D eigenvalue weighted by molar-refractivity contribution is 5.90. The van der Waals surface area contributed by atoms with Crippen molar-refractivity contribution in [1.29, 1.82) is 0 Å². The molecule has 0 spiro atoms. The highest BCUT2D eigenvalue weighted by Crippen LogP contribution is 2.55. The Balaban J connectivity index is 1.92. The molecule has 0 bridgehead atoms. The van der Waals surface area contributed by atoms with E-state index in [1.165, 1.54) is 0 Å². The van der Waals surface area contributed by atoms with Crippen molar-refractivity contribution in [2.24, 2.45) is 17.3 Å². The number of hydrogen-bond donors (Lipinski definition) is 1. The minimum atomic E-state index is -0.221. The molecular weight excluding hydrogens is 228 g/mol. The Bertz CT molecular complexity index is 437. The summed E-state index contributed by atoms with van der Waals surface area (Å²) >= 11 is 0. The first kappa shape index (κ1) is 12.0. The number of carbonyl (C=O) groups excluding carboxylic acids is 1. The van der Waals surface area contributed by atoms with Gasteiger partial charge in [0, 0.05) is 11.5 Å². The van der Waals surface area contributed by atoms with Crippen molar-refractivity contribution in [3.05, 3.63) is 23.8 Å². The first-order chi connectivity index (χ1) is 8.55. The van der Waals surface area contributed by atoms with Crippen molar-refractivity contribution < 1.29 is 14.6 Å². The summed E-state index contributed by atoms with van der Waals surface area (Å²) in [5.41, 5.74) is 1.94. The van der Waals surface area contributed by atoms with E-state index >= 15 is 0 Å². The lowest BCUT2D eigenvalue weighted by Crippen LogP contribution is -2.43. The first-order valence-electron chi connectivity index (χ1n) is 6.75. The van der Waals surface area contributed by atoms with Gasteiger partial charge in [0.1, 0.15) is 6.10 Å². The molecule has 0 aromatic carbocycles. The lowest BCUT2D eigenvalue weighted by atomic mass is 9.57. The molecule has 2 aliphatic carbocycles. The van der Waals surface area contributed by atoms with Crippen LogP contribution in [0.25, 0.3) is 0 Å². The largest absolute Gasteiger partial charge is 0.458 e. The maximum absolute atomic E-state index is 11.6. The fourth-order valence-corrected chi connectivity index (χ4v) is 4.07. The number of ether oxygens (including phenoxy) is 1. The highest BCUT2D eigenvalue weighted by Gasteiger charge is 2.52. The summed E-state index contributed by atoms with van der Waals surface area (Å²) in [6.45, 7) is 6.28. The molecule has 3 rings (SSSR count). The summed E-state index contributed by atoms with van der Waals surface area (Å²) in [5, 5.41) is 9.51. The van der Waals surface area contributed by atoms with Gasteiger partial charge in [-0.2, -0.15) is 0 Å². The van der Waals surface area contributed by atoms with Gasteiger partial charge in [0.25, 0.3) is 0 Å². The molecule has 2 fully saturated rings. The number of carbonyl (C=O) groups is 1. The molecule has 1 saturated heterocycles. The highest BCUT2D eigenvalue weighted by atomic mass is 16.6. The zero-order valence-electron chi connectivity index (χ0n) is 10.8. The van der Waals surface area contributed by atoms with Crippen LogP contribution in [0.4, 0.5) is 0 Å². The van der Waals surface area contributed by atoms with E-state index in [1.807, 2.05) is 0 Å². The van der Waals surface area contributed by atoms with Gasteiger partial charge in [0.2, 0.25) is 0 Å². The molecule has 3 aliphatic rings. The average Bonchev–Trinajstić information content (AvgIpc) is 2.60. The monoisotopic (exact) mass is 248 g/mol. The van der Waals surface area contributed by atoms with Gasteiger partial charge in [-0.3, -0.25) is 0 Å². The van der Waals surface area contributed by atoms with Gasteiger partial charge in [0.15, 0.2) is 0 Å². The summed E-state index contributed by atoms with van der Waals surface area (Å²) in [7, 11) is 0. The Morgan fingerprint density at radius 3 is 3.11 bits per heavy atom. The van der Waals surface area contributed by atoms with E-state index in [2.05, 4.69) is 19.6 Å². The third kappa shape index (κ3) is 1.57. The summed E-state index contributed by atoms with van der Waals surface area (Å²) < 4.78 is 5.44. The van der Waals surface area contributed by atoms with Crippen molar-refractivity contribution >= 4 is 5.97 Å². The number of allylic oxidation sites excluding steroid dienone is 1. The molecule has 18 heavy (non-hydrogen) atoms. The van der Waals surface area contributed by atoms with Crippen LogP contribution in [-0.2, 0) is 9.53 Å². The van der Waals surface area contributed by atoms with Crippen molar-refractivity contribution in [2.45, 2.75) is 38.7 Å². The van der Waals surface area contributed by atoms with Crippen LogP contribution in [0.3, 0.4) is 0 Å². The van der Waals surface area contributed by atoms with E-state index < -0.39 is 0 Å². The standard InChI is InChI=1S/C15H20O3/c1-9-11-6-12-10(8-16)4-3-5-15(12,2)7-13(11)18-14(9)17/h4,11-13,16H,1,3,5-8H2,2H3/t11-,12+,13-,15-/m1/s1. The van der Waals surface area contributed by atoms with Gasteiger partial charge in [-0.15, -0.1) is 0 Å². The van der Waals surface area contributed by atoms with E-state index in [0.29, 0.717) is 11.5 Å². The number of aliphatic hydroxyl groups is 1. The van der Waals surface area contributed by atoms with Crippen LogP contribution >= 0.6 is 0 Å². The fourth-order valence-electron chi connectivity index (χ4n) is 4.07. The van der Waals surface area contributed by atoms with Crippen molar-refractivity contribution in [3.8, 4) is 0 Å².